The first-order valence-electron chi connectivity index (χ1n) is 9.45. The van der Waals surface area contributed by atoms with Crippen LogP contribution >= 0.6 is 22.9 Å². The van der Waals surface area contributed by atoms with E-state index in [0.29, 0.717) is 16.0 Å². The van der Waals surface area contributed by atoms with Crippen molar-refractivity contribution < 1.29 is 17.9 Å². The summed E-state index contributed by atoms with van der Waals surface area (Å²) in [5, 5.41) is 8.93. The van der Waals surface area contributed by atoms with Crippen LogP contribution in [0.1, 0.15) is 0 Å². The Kier molecular flexibility index (Phi) is 5.95. The molecular weight excluding hydrogens is 437 g/mol. The predicted molar refractivity (Wildman–Crippen MR) is 112 cm³/mol. The second kappa shape index (κ2) is 8.49. The fourth-order valence-electron chi connectivity index (χ4n) is 3.61. The van der Waals surface area contributed by atoms with Crippen molar-refractivity contribution in [3.05, 3.63) is 52.3 Å². The van der Waals surface area contributed by atoms with Gasteiger partial charge in [0.25, 0.3) is 0 Å². The van der Waals surface area contributed by atoms with Crippen molar-refractivity contribution in [1.82, 2.24) is 9.47 Å². The Labute approximate surface area is 180 Å². The Morgan fingerprint density at radius 3 is 2.37 bits per heavy atom. The van der Waals surface area contributed by atoms with Crippen LogP contribution in [0.5, 0.6) is 5.75 Å². The molecule has 1 N–H and O–H groups in total. The van der Waals surface area contributed by atoms with Gasteiger partial charge in [0.2, 0.25) is 0 Å². The van der Waals surface area contributed by atoms with E-state index in [4.69, 9.17) is 17.0 Å². The maximum atomic E-state index is 12.4. The number of benzene rings is 2. The maximum absolute atomic E-state index is 12.4. The van der Waals surface area contributed by atoms with E-state index in [0.717, 1.165) is 60.3 Å². The minimum Gasteiger partial charge on any atom is -0.406 e. The molecule has 160 valence electrons. The molecule has 1 aliphatic rings. The number of nitrogens with zero attached hydrogens (tertiary/aromatic N) is 3. The summed E-state index contributed by atoms with van der Waals surface area (Å²) in [6, 6.07) is 12.0. The van der Waals surface area contributed by atoms with Crippen LogP contribution in [-0.2, 0) is 6.54 Å². The minimum absolute atomic E-state index is 0.262. The Bertz CT molecular complexity index is 1070. The molecule has 0 atom stereocenters. The molecule has 5 nitrogen and oxygen atoms in total. The Balaban J connectivity index is 1.37. The fourth-order valence-corrected chi connectivity index (χ4v) is 4.70. The third kappa shape index (κ3) is 4.91. The second-order valence-corrected chi connectivity index (χ2v) is 8.51. The van der Waals surface area contributed by atoms with Gasteiger partial charge in [0, 0.05) is 50.0 Å². The van der Waals surface area contributed by atoms with Crippen molar-refractivity contribution in [2.75, 3.05) is 37.6 Å². The van der Waals surface area contributed by atoms with E-state index in [-0.39, 0.29) is 5.75 Å². The third-order valence-corrected chi connectivity index (χ3v) is 6.32. The molecule has 0 bridgehead atoms. The van der Waals surface area contributed by atoms with E-state index in [2.05, 4.69) is 14.5 Å². The summed E-state index contributed by atoms with van der Waals surface area (Å²) in [5.41, 5.74) is 1.90. The first-order chi connectivity index (χ1) is 14.3. The summed E-state index contributed by atoms with van der Waals surface area (Å²) in [6.45, 7) is 5.01. The summed E-state index contributed by atoms with van der Waals surface area (Å²) < 4.78 is 43.7. The first-order valence-corrected chi connectivity index (χ1v) is 10.6. The molecule has 3 aromatic rings. The highest BCUT2D eigenvalue weighted by Crippen LogP contribution is 2.28. The zero-order valence-electron chi connectivity index (χ0n) is 16.0. The van der Waals surface area contributed by atoms with Gasteiger partial charge in [0.05, 0.1) is 10.2 Å². The number of aromatic nitrogens is 1. The lowest BCUT2D eigenvalue weighted by molar-refractivity contribution is -0.274. The molecule has 0 unspecified atom stereocenters. The van der Waals surface area contributed by atoms with Crippen LogP contribution in [0.25, 0.3) is 10.2 Å². The predicted octanol–water partition coefficient (Wildman–Crippen LogP) is 4.56. The van der Waals surface area contributed by atoms with Gasteiger partial charge in [0.15, 0.2) is 4.80 Å². The van der Waals surface area contributed by atoms with Gasteiger partial charge < -0.3 is 14.2 Å². The number of hydrogen-bond donors (Lipinski definition) is 1. The first kappa shape index (κ1) is 21.0. The molecule has 10 heteroatoms. The lowest BCUT2D eigenvalue weighted by Crippen LogP contribution is -2.47. The number of anilines is 1. The van der Waals surface area contributed by atoms with Crippen LogP contribution < -0.4 is 14.4 Å². The number of halogens is 4. The highest BCUT2D eigenvalue weighted by molar-refractivity contribution is 7.16. The van der Waals surface area contributed by atoms with Crippen LogP contribution in [0.3, 0.4) is 0 Å². The molecule has 0 saturated carbocycles. The average Bonchev–Trinajstić information content (AvgIpc) is 3.00. The summed E-state index contributed by atoms with van der Waals surface area (Å²) in [5.74, 6) is -0.262. The molecule has 1 aliphatic heterocycles. The number of hydrogen-bond acceptors (Lipinski definition) is 5. The number of ether oxygens (including phenoxy) is 1. The van der Waals surface area contributed by atoms with E-state index < -0.39 is 6.36 Å². The number of rotatable bonds is 5. The highest BCUT2D eigenvalue weighted by Gasteiger charge is 2.31. The van der Waals surface area contributed by atoms with Crippen LogP contribution in [0, 0.1) is 5.41 Å². The molecule has 4 rings (SSSR count). The number of thiazole rings is 1. The fraction of sp³-hybridized carbons (Fsp3) is 0.350. The molecule has 0 spiro atoms. The van der Waals surface area contributed by atoms with Crippen LogP contribution in [0.4, 0.5) is 18.9 Å². The Hall–Kier alpha value is -2.23. The van der Waals surface area contributed by atoms with E-state index in [1.54, 1.807) is 6.07 Å². The van der Waals surface area contributed by atoms with E-state index in [1.165, 1.54) is 12.1 Å². The topological polar surface area (TPSA) is 44.5 Å². The van der Waals surface area contributed by atoms with Crippen molar-refractivity contribution in [2.24, 2.45) is 0 Å². The quantitative estimate of drug-likeness (QED) is 0.612. The number of fused-ring (bicyclic) bond motifs is 1. The van der Waals surface area contributed by atoms with Gasteiger partial charge in [-0.3, -0.25) is 10.3 Å². The summed E-state index contributed by atoms with van der Waals surface area (Å²) in [6.07, 6.45) is -4.72. The largest absolute Gasteiger partial charge is 0.573 e. The monoisotopic (exact) mass is 456 g/mol. The Morgan fingerprint density at radius 1 is 1.00 bits per heavy atom. The van der Waals surface area contributed by atoms with Gasteiger partial charge in [0.1, 0.15) is 5.75 Å². The van der Waals surface area contributed by atoms with Crippen molar-refractivity contribution in [3.63, 3.8) is 0 Å². The molecule has 2 aromatic carbocycles. The van der Waals surface area contributed by atoms with Gasteiger partial charge in [-0.2, -0.15) is 0 Å². The molecule has 30 heavy (non-hydrogen) atoms. The van der Waals surface area contributed by atoms with Crippen LogP contribution in [0.15, 0.2) is 42.5 Å². The molecule has 0 radical (unpaired) electrons. The lowest BCUT2D eigenvalue weighted by atomic mass is 10.2. The summed E-state index contributed by atoms with van der Waals surface area (Å²) in [7, 11) is 0. The zero-order chi connectivity index (χ0) is 21.3. The van der Waals surface area contributed by atoms with E-state index >= 15 is 0 Å². The highest BCUT2D eigenvalue weighted by atomic mass is 35.5. The van der Waals surface area contributed by atoms with Crippen molar-refractivity contribution in [1.29, 1.82) is 5.41 Å². The SMILES string of the molecule is N=c1sc2cc(OC(F)(F)F)ccc2n1CCN1CCN(c2ccc(Cl)cc2)CC1. The summed E-state index contributed by atoms with van der Waals surface area (Å²) >= 11 is 7.10. The lowest BCUT2D eigenvalue weighted by Gasteiger charge is -2.36. The molecule has 1 aromatic heterocycles. The Morgan fingerprint density at radius 2 is 1.70 bits per heavy atom. The van der Waals surface area contributed by atoms with Crippen molar-refractivity contribution in [2.45, 2.75) is 12.9 Å². The molecule has 1 saturated heterocycles. The van der Waals surface area contributed by atoms with Crippen LogP contribution in [-0.4, -0.2) is 48.6 Å². The molecule has 2 heterocycles. The summed E-state index contributed by atoms with van der Waals surface area (Å²) in [4.78, 5) is 4.97. The zero-order valence-corrected chi connectivity index (χ0v) is 17.5. The van der Waals surface area contributed by atoms with E-state index in [1.807, 2.05) is 28.8 Å². The normalized spacial score (nSPS) is 15.7. The molecular formula is C20H20ClF3N4OS. The average molecular weight is 457 g/mol. The number of alkyl halides is 3. The van der Waals surface area contributed by atoms with E-state index in [9.17, 15) is 13.2 Å². The third-order valence-electron chi connectivity index (χ3n) is 5.11. The van der Waals surface area contributed by atoms with Gasteiger partial charge >= 0.3 is 6.36 Å². The van der Waals surface area contributed by atoms with Gasteiger partial charge in [-0.05, 0) is 42.5 Å². The van der Waals surface area contributed by atoms with Gasteiger partial charge in [-0.1, -0.05) is 22.9 Å². The molecule has 0 amide bonds. The molecule has 0 aliphatic carbocycles. The smallest absolute Gasteiger partial charge is 0.406 e. The van der Waals surface area contributed by atoms with Gasteiger partial charge in [-0.15, -0.1) is 13.2 Å². The maximum Gasteiger partial charge on any atom is 0.573 e. The molecule has 1 fully saturated rings. The second-order valence-electron chi connectivity index (χ2n) is 7.04. The number of nitrogens with one attached hydrogen (secondary N) is 1. The van der Waals surface area contributed by atoms with Gasteiger partial charge in [-0.25, -0.2) is 0 Å². The van der Waals surface area contributed by atoms with Crippen molar-refractivity contribution in [3.8, 4) is 5.75 Å². The number of piperazine rings is 1. The standard InChI is InChI=1S/C20H20ClF3N4OS/c21-14-1-3-15(4-2-14)27-10-7-26(8-11-27)9-12-28-17-6-5-16(29-20(22,23)24)13-18(17)30-19(28)25/h1-6,13,25H,7-12H2. The van der Waals surface area contributed by atoms with Crippen molar-refractivity contribution >= 4 is 38.8 Å². The minimum atomic E-state index is -4.72. The van der Waals surface area contributed by atoms with Crippen LogP contribution in [0.2, 0.25) is 5.02 Å².